The summed E-state index contributed by atoms with van der Waals surface area (Å²) >= 11 is 5.76. The summed E-state index contributed by atoms with van der Waals surface area (Å²) in [6, 6.07) is 13.4. The molecule has 0 aromatic heterocycles. The van der Waals surface area contributed by atoms with Crippen molar-refractivity contribution in [3.63, 3.8) is 0 Å². The maximum atomic E-state index is 12.6. The van der Waals surface area contributed by atoms with Crippen LogP contribution in [0.15, 0.2) is 58.3 Å². The summed E-state index contributed by atoms with van der Waals surface area (Å²) in [5.74, 6) is 0. The Labute approximate surface area is 151 Å². The number of sulfonamides is 1. The molecule has 0 atom stereocenters. The smallest absolute Gasteiger partial charge is 0.223 e. The van der Waals surface area contributed by atoms with Crippen molar-refractivity contribution >= 4 is 31.5 Å². The molecule has 0 N–H and O–H groups in total. The highest BCUT2D eigenvalue weighted by atomic mass is 35.5. The van der Waals surface area contributed by atoms with Crippen LogP contribution in [-0.2, 0) is 19.9 Å². The lowest BCUT2D eigenvalue weighted by atomic mass is 10.2. The van der Waals surface area contributed by atoms with E-state index in [9.17, 15) is 16.8 Å². The van der Waals surface area contributed by atoms with Gasteiger partial charge < -0.3 is 0 Å². The molecule has 9 heteroatoms. The monoisotopic (exact) mass is 396 g/mol. The Morgan fingerprint density at radius 1 is 1.00 bits per heavy atom. The second kappa shape index (κ2) is 6.42. The number of hydrogen-bond donors (Lipinski definition) is 0. The molecule has 3 rings (SSSR count). The first-order valence-corrected chi connectivity index (χ1v) is 10.6. The molecule has 0 radical (unpaired) electrons. The molecule has 0 saturated carbocycles. The van der Waals surface area contributed by atoms with Crippen molar-refractivity contribution in [2.45, 2.75) is 15.0 Å². The van der Waals surface area contributed by atoms with Gasteiger partial charge in [0.05, 0.1) is 20.6 Å². The van der Waals surface area contributed by atoms with Gasteiger partial charge in [0.15, 0.2) is 9.84 Å². The SMILES string of the molecule is N#Cc1ccccc1S(=O)(=O)N1CC(S(=O)(=O)c2ccc(Cl)cc2)C1. The van der Waals surface area contributed by atoms with E-state index in [0.29, 0.717) is 5.02 Å². The number of nitrogens with zero attached hydrogens (tertiary/aromatic N) is 2. The predicted molar refractivity (Wildman–Crippen MR) is 92.3 cm³/mol. The van der Waals surface area contributed by atoms with Crippen molar-refractivity contribution in [2.24, 2.45) is 0 Å². The molecule has 0 unspecified atom stereocenters. The van der Waals surface area contributed by atoms with Gasteiger partial charge in [-0.05, 0) is 36.4 Å². The summed E-state index contributed by atoms with van der Waals surface area (Å²) in [5.41, 5.74) is 0.0338. The van der Waals surface area contributed by atoms with Gasteiger partial charge in [-0.2, -0.15) is 9.57 Å². The Hall–Kier alpha value is -1.92. The molecule has 2 aromatic carbocycles. The maximum absolute atomic E-state index is 12.6. The molecule has 0 aliphatic carbocycles. The van der Waals surface area contributed by atoms with Crippen LogP contribution in [0.2, 0.25) is 5.02 Å². The Morgan fingerprint density at radius 2 is 1.60 bits per heavy atom. The molecule has 1 fully saturated rings. The first-order chi connectivity index (χ1) is 11.8. The first kappa shape index (κ1) is 17.9. The van der Waals surface area contributed by atoms with E-state index in [2.05, 4.69) is 0 Å². The fourth-order valence-corrected chi connectivity index (χ4v) is 6.17. The highest BCUT2D eigenvalue weighted by Gasteiger charge is 2.44. The highest BCUT2D eigenvalue weighted by Crippen LogP contribution is 2.30. The normalized spacial score (nSPS) is 16.2. The summed E-state index contributed by atoms with van der Waals surface area (Å²) in [6.07, 6.45) is 0. The molecular weight excluding hydrogens is 384 g/mol. The number of sulfone groups is 1. The zero-order valence-electron chi connectivity index (χ0n) is 12.8. The van der Waals surface area contributed by atoms with Gasteiger partial charge in [-0.3, -0.25) is 0 Å². The summed E-state index contributed by atoms with van der Waals surface area (Å²) in [7, 11) is -7.54. The Morgan fingerprint density at radius 3 is 2.20 bits per heavy atom. The van der Waals surface area contributed by atoms with E-state index in [1.807, 2.05) is 6.07 Å². The van der Waals surface area contributed by atoms with Gasteiger partial charge in [0.25, 0.3) is 0 Å². The molecule has 1 heterocycles. The third kappa shape index (κ3) is 3.16. The zero-order valence-corrected chi connectivity index (χ0v) is 15.2. The standard InChI is InChI=1S/C16H13ClN2O4S2/c17-13-5-7-14(8-6-13)24(20,21)15-10-19(11-15)25(22,23)16-4-2-1-3-12(16)9-18/h1-8,15H,10-11H2. The van der Waals surface area contributed by atoms with Crippen LogP contribution in [0, 0.1) is 11.3 Å². The quantitative estimate of drug-likeness (QED) is 0.788. The maximum Gasteiger partial charge on any atom is 0.244 e. The van der Waals surface area contributed by atoms with Crippen LogP contribution in [0.1, 0.15) is 5.56 Å². The molecule has 0 spiro atoms. The Balaban J connectivity index is 1.82. The van der Waals surface area contributed by atoms with Gasteiger partial charge in [0.1, 0.15) is 6.07 Å². The lowest BCUT2D eigenvalue weighted by Crippen LogP contribution is -2.56. The van der Waals surface area contributed by atoms with Crippen molar-refractivity contribution < 1.29 is 16.8 Å². The van der Waals surface area contributed by atoms with Crippen LogP contribution < -0.4 is 0 Å². The fourth-order valence-electron chi connectivity index (χ4n) is 2.53. The van der Waals surface area contributed by atoms with Crippen LogP contribution >= 0.6 is 11.6 Å². The van der Waals surface area contributed by atoms with E-state index in [0.717, 1.165) is 4.31 Å². The summed E-state index contributed by atoms with van der Waals surface area (Å²) in [5, 5.41) is 8.67. The molecule has 1 saturated heterocycles. The van der Waals surface area contributed by atoms with Gasteiger partial charge in [-0.15, -0.1) is 0 Å². The molecular formula is C16H13ClN2O4S2. The Bertz CT molecular complexity index is 1050. The second-order valence-electron chi connectivity index (χ2n) is 5.55. The molecule has 25 heavy (non-hydrogen) atoms. The zero-order chi connectivity index (χ0) is 18.2. The van der Waals surface area contributed by atoms with E-state index < -0.39 is 25.1 Å². The van der Waals surface area contributed by atoms with Gasteiger partial charge in [0, 0.05) is 18.1 Å². The first-order valence-electron chi connectivity index (χ1n) is 7.25. The number of hydrogen-bond acceptors (Lipinski definition) is 5. The summed E-state index contributed by atoms with van der Waals surface area (Å²) in [6.45, 7) is -0.292. The van der Waals surface area contributed by atoms with Crippen molar-refractivity contribution in [3.05, 3.63) is 59.1 Å². The minimum Gasteiger partial charge on any atom is -0.223 e. The van der Waals surface area contributed by atoms with Crippen LogP contribution in [-0.4, -0.2) is 39.5 Å². The predicted octanol–water partition coefficient (Wildman–Crippen LogP) is 2.06. The van der Waals surface area contributed by atoms with E-state index in [-0.39, 0.29) is 28.4 Å². The average molecular weight is 397 g/mol. The molecule has 0 amide bonds. The van der Waals surface area contributed by atoms with Crippen LogP contribution in [0.5, 0.6) is 0 Å². The van der Waals surface area contributed by atoms with E-state index in [1.54, 1.807) is 6.07 Å². The third-order valence-corrected chi connectivity index (χ3v) is 8.27. The topological polar surface area (TPSA) is 95.3 Å². The highest BCUT2D eigenvalue weighted by molar-refractivity contribution is 7.92. The molecule has 1 aliphatic heterocycles. The number of nitriles is 1. The molecule has 2 aromatic rings. The van der Waals surface area contributed by atoms with Gasteiger partial charge in [-0.25, -0.2) is 16.8 Å². The molecule has 130 valence electrons. The number of halogens is 1. The van der Waals surface area contributed by atoms with E-state index >= 15 is 0 Å². The second-order valence-corrected chi connectivity index (χ2v) is 10.1. The van der Waals surface area contributed by atoms with Crippen LogP contribution in [0.4, 0.5) is 0 Å². The van der Waals surface area contributed by atoms with E-state index in [4.69, 9.17) is 16.9 Å². The largest absolute Gasteiger partial charge is 0.244 e. The van der Waals surface area contributed by atoms with Gasteiger partial charge in [-0.1, -0.05) is 23.7 Å². The third-order valence-electron chi connectivity index (χ3n) is 4.02. The molecule has 0 bridgehead atoms. The van der Waals surface area contributed by atoms with Crippen LogP contribution in [0.3, 0.4) is 0 Å². The average Bonchev–Trinajstić information content (AvgIpc) is 2.53. The van der Waals surface area contributed by atoms with Crippen molar-refractivity contribution in [3.8, 4) is 6.07 Å². The minimum absolute atomic E-state index is 0.0338. The van der Waals surface area contributed by atoms with Gasteiger partial charge in [0.2, 0.25) is 10.0 Å². The van der Waals surface area contributed by atoms with Crippen LogP contribution in [0.25, 0.3) is 0 Å². The number of rotatable bonds is 4. The van der Waals surface area contributed by atoms with Crippen molar-refractivity contribution in [1.82, 2.24) is 4.31 Å². The minimum atomic E-state index is -3.90. The lowest BCUT2D eigenvalue weighted by Gasteiger charge is -2.37. The number of benzene rings is 2. The summed E-state index contributed by atoms with van der Waals surface area (Å²) in [4.78, 5) is -0.00351. The van der Waals surface area contributed by atoms with E-state index in [1.165, 1.54) is 42.5 Å². The lowest BCUT2D eigenvalue weighted by molar-refractivity contribution is 0.309. The van der Waals surface area contributed by atoms with Gasteiger partial charge >= 0.3 is 0 Å². The van der Waals surface area contributed by atoms with Crippen molar-refractivity contribution in [1.29, 1.82) is 5.26 Å². The summed E-state index contributed by atoms with van der Waals surface area (Å²) < 4.78 is 51.4. The molecule has 1 aliphatic rings. The fraction of sp³-hybridized carbons (Fsp3) is 0.188. The molecule has 6 nitrogen and oxygen atoms in total. The Kier molecular flexibility index (Phi) is 4.60. The van der Waals surface area contributed by atoms with Crippen molar-refractivity contribution in [2.75, 3.05) is 13.1 Å².